The lowest BCUT2D eigenvalue weighted by Gasteiger charge is -2.13. The van der Waals surface area contributed by atoms with Crippen LogP contribution in [0, 0.1) is 6.42 Å². The lowest BCUT2D eigenvalue weighted by Crippen LogP contribution is -1.98. The molecule has 0 saturated carbocycles. The van der Waals surface area contributed by atoms with Crippen molar-refractivity contribution in [2.45, 2.75) is 4.90 Å². The maximum Gasteiger partial charge on any atom is 0.166 e. The fraction of sp³-hybridized carbons (Fsp3) is 0. The van der Waals surface area contributed by atoms with Crippen LogP contribution in [0.5, 0.6) is 0 Å². The van der Waals surface area contributed by atoms with Crippen LogP contribution in [-0.2, 0) is 9.84 Å². The molecule has 1 aliphatic rings. The Hall–Kier alpha value is -1.26. The topological polar surface area (TPSA) is 34.1 Å². The highest BCUT2D eigenvalue weighted by Crippen LogP contribution is 2.22. The largest absolute Gasteiger partial charge is 0.229 e. The first-order valence-corrected chi connectivity index (χ1v) is 7.32. The quantitative estimate of drug-likeness (QED) is 0.785. The summed E-state index contributed by atoms with van der Waals surface area (Å²) in [5, 5.41) is 1.27. The molecule has 2 nitrogen and oxygen atoms in total. The van der Waals surface area contributed by atoms with Crippen LogP contribution in [0.2, 0.25) is 0 Å². The van der Waals surface area contributed by atoms with Crippen LogP contribution in [0.1, 0.15) is 0 Å². The van der Waals surface area contributed by atoms with Crippen molar-refractivity contribution in [3.05, 3.63) is 70.4 Å². The van der Waals surface area contributed by atoms with E-state index in [-0.39, 0.29) is 0 Å². The lowest BCUT2D eigenvalue weighted by atomic mass is 10.1. The number of sulfone groups is 1. The zero-order valence-corrected chi connectivity index (χ0v) is 11.3. The van der Waals surface area contributed by atoms with Crippen LogP contribution in [0.25, 0.3) is 0 Å². The Morgan fingerprint density at radius 2 is 1.88 bits per heavy atom. The number of rotatable bonds is 2. The molecule has 0 amide bonds. The highest BCUT2D eigenvalue weighted by Gasteiger charge is 2.07. The van der Waals surface area contributed by atoms with E-state index in [1.165, 1.54) is 5.41 Å². The molecule has 0 saturated heterocycles. The molecule has 0 spiro atoms. The molecule has 0 bridgehead atoms. The molecule has 0 unspecified atom stereocenters. The van der Waals surface area contributed by atoms with Gasteiger partial charge in [-0.25, -0.2) is 8.42 Å². The summed E-state index contributed by atoms with van der Waals surface area (Å²) in [6, 6.07) is 8.38. The zero-order chi connectivity index (χ0) is 12.3. The van der Waals surface area contributed by atoms with Crippen LogP contribution in [-0.4, -0.2) is 8.42 Å². The lowest BCUT2D eigenvalue weighted by molar-refractivity contribution is 0.604. The van der Waals surface area contributed by atoms with Gasteiger partial charge in [-0.15, -0.1) is 30.2 Å². The average Bonchev–Trinajstić information content (AvgIpc) is 2.29. The third kappa shape index (κ3) is 3.11. The van der Waals surface area contributed by atoms with Gasteiger partial charge in [0.05, 0.1) is 4.90 Å². The number of allylic oxidation sites excluding steroid dienone is 5. The van der Waals surface area contributed by atoms with Crippen LogP contribution in [0.4, 0.5) is 0 Å². The second-order valence-electron chi connectivity index (χ2n) is 3.53. The monoisotopic (exact) mass is 309 g/mol. The second kappa shape index (κ2) is 4.94. The summed E-state index contributed by atoms with van der Waals surface area (Å²) in [4.78, 5) is 0.306. The van der Waals surface area contributed by atoms with Crippen LogP contribution < -0.4 is 0 Å². The van der Waals surface area contributed by atoms with Gasteiger partial charge in [0.2, 0.25) is 0 Å². The molecular weight excluding hydrogens is 300 g/mol. The Bertz CT molecular complexity index is 596. The van der Waals surface area contributed by atoms with Gasteiger partial charge in [-0.3, -0.25) is 0 Å². The van der Waals surface area contributed by atoms with E-state index in [0.717, 1.165) is 4.48 Å². The predicted octanol–water partition coefficient (Wildman–Crippen LogP) is 3.40. The van der Waals surface area contributed by atoms with E-state index in [4.69, 9.17) is 0 Å². The van der Waals surface area contributed by atoms with Crippen LogP contribution >= 0.6 is 15.9 Å². The first-order chi connectivity index (χ1) is 8.08. The van der Waals surface area contributed by atoms with Crippen LogP contribution in [0.15, 0.2) is 68.9 Å². The first kappa shape index (κ1) is 12.2. The van der Waals surface area contributed by atoms with E-state index in [1.54, 1.807) is 48.9 Å². The maximum atomic E-state index is 12.0. The summed E-state index contributed by atoms with van der Waals surface area (Å²) in [6.45, 7) is 0. The summed E-state index contributed by atoms with van der Waals surface area (Å²) in [6.07, 6.45) is 7.18. The minimum absolute atomic E-state index is 0.306. The third-order valence-corrected chi connectivity index (χ3v) is 4.22. The molecule has 17 heavy (non-hydrogen) atoms. The van der Waals surface area contributed by atoms with Crippen LogP contribution in [0.3, 0.4) is 0 Å². The van der Waals surface area contributed by atoms with Gasteiger partial charge in [0.15, 0.2) is 9.84 Å². The van der Waals surface area contributed by atoms with Crippen molar-refractivity contribution in [3.63, 3.8) is 0 Å². The van der Waals surface area contributed by atoms with Gasteiger partial charge >= 0.3 is 0 Å². The SMILES string of the molecule is O=S(=O)(/C=C1/C=C(Br)C=C[CH-]1)c1ccccc1. The Balaban J connectivity index is 2.36. The predicted molar refractivity (Wildman–Crippen MR) is 72.2 cm³/mol. The number of benzene rings is 1. The zero-order valence-electron chi connectivity index (χ0n) is 8.88. The number of halogens is 1. The minimum Gasteiger partial charge on any atom is -0.229 e. The molecule has 0 N–H and O–H groups in total. The van der Waals surface area contributed by atoms with E-state index >= 15 is 0 Å². The minimum atomic E-state index is -3.38. The number of hydrogen-bond donors (Lipinski definition) is 0. The van der Waals surface area contributed by atoms with Crippen molar-refractivity contribution in [1.82, 2.24) is 0 Å². The normalized spacial score (nSPS) is 17.7. The van der Waals surface area contributed by atoms with E-state index in [9.17, 15) is 8.42 Å². The van der Waals surface area contributed by atoms with Crippen molar-refractivity contribution in [3.8, 4) is 0 Å². The fourth-order valence-corrected chi connectivity index (χ4v) is 3.03. The van der Waals surface area contributed by atoms with Gasteiger partial charge in [0.1, 0.15) is 0 Å². The van der Waals surface area contributed by atoms with Gasteiger partial charge in [-0.2, -0.15) is 0 Å². The molecule has 0 aromatic heterocycles. The van der Waals surface area contributed by atoms with Crippen molar-refractivity contribution in [2.24, 2.45) is 0 Å². The summed E-state index contributed by atoms with van der Waals surface area (Å²) >= 11 is 3.31. The third-order valence-electron chi connectivity index (χ3n) is 2.21. The Morgan fingerprint density at radius 1 is 1.18 bits per heavy atom. The molecule has 1 aromatic carbocycles. The standard InChI is InChI=1S/C13H10BrO2S/c14-12-6-4-5-11(9-12)10-17(15,16)13-7-2-1-3-8-13/h1-10H/q-1/b11-10+. The van der Waals surface area contributed by atoms with E-state index in [2.05, 4.69) is 15.9 Å². The van der Waals surface area contributed by atoms with E-state index < -0.39 is 9.84 Å². The first-order valence-electron chi connectivity index (χ1n) is 4.98. The van der Waals surface area contributed by atoms with Gasteiger partial charge in [-0.05, 0) is 17.5 Å². The molecular formula is C13H10BrO2S-. The van der Waals surface area contributed by atoms with Crippen molar-refractivity contribution < 1.29 is 8.42 Å². The van der Waals surface area contributed by atoms with Gasteiger partial charge in [0, 0.05) is 0 Å². The molecule has 0 heterocycles. The van der Waals surface area contributed by atoms with Gasteiger partial charge in [0.25, 0.3) is 0 Å². The highest BCUT2D eigenvalue weighted by atomic mass is 79.9. The molecule has 1 aromatic rings. The molecule has 0 radical (unpaired) electrons. The smallest absolute Gasteiger partial charge is 0.166 e. The molecule has 1 aliphatic carbocycles. The fourth-order valence-electron chi connectivity index (χ4n) is 1.44. The molecule has 88 valence electrons. The van der Waals surface area contributed by atoms with E-state index in [0.29, 0.717) is 10.5 Å². The summed E-state index contributed by atoms with van der Waals surface area (Å²) in [5.41, 5.74) is 0.656. The Kier molecular flexibility index (Phi) is 3.54. The molecule has 2 rings (SSSR count). The summed E-state index contributed by atoms with van der Waals surface area (Å²) in [7, 11) is -3.38. The summed E-state index contributed by atoms with van der Waals surface area (Å²) < 4.78 is 24.9. The Morgan fingerprint density at radius 3 is 2.53 bits per heavy atom. The van der Waals surface area contributed by atoms with Crippen molar-refractivity contribution in [2.75, 3.05) is 0 Å². The van der Waals surface area contributed by atoms with E-state index in [1.807, 2.05) is 6.08 Å². The van der Waals surface area contributed by atoms with Crippen molar-refractivity contribution in [1.29, 1.82) is 0 Å². The molecule has 0 aliphatic heterocycles. The summed E-state index contributed by atoms with van der Waals surface area (Å²) in [5.74, 6) is 0. The maximum absolute atomic E-state index is 12.0. The highest BCUT2D eigenvalue weighted by molar-refractivity contribution is 9.11. The average molecular weight is 310 g/mol. The molecule has 4 heteroatoms. The Labute approximate surface area is 109 Å². The van der Waals surface area contributed by atoms with Gasteiger partial charge < -0.3 is 0 Å². The molecule has 0 fully saturated rings. The van der Waals surface area contributed by atoms with Crippen molar-refractivity contribution >= 4 is 25.8 Å². The van der Waals surface area contributed by atoms with Gasteiger partial charge in [-0.1, -0.05) is 38.6 Å². The molecule has 0 atom stereocenters. The number of hydrogen-bond acceptors (Lipinski definition) is 2. The second-order valence-corrected chi connectivity index (χ2v) is 6.24.